The van der Waals surface area contributed by atoms with Crippen molar-refractivity contribution < 1.29 is 4.90 Å². The minimum atomic E-state index is 0.752. The zero-order valence-corrected chi connectivity index (χ0v) is 15.2. The van der Waals surface area contributed by atoms with Gasteiger partial charge in [-0.05, 0) is 37.1 Å². The fourth-order valence-electron chi connectivity index (χ4n) is 3.15. The molecule has 3 nitrogen and oxygen atoms in total. The second kappa shape index (κ2) is 7.82. The molecule has 1 fully saturated rings. The van der Waals surface area contributed by atoms with Gasteiger partial charge in [-0.25, -0.2) is 0 Å². The zero-order valence-electron chi connectivity index (χ0n) is 14.4. The van der Waals surface area contributed by atoms with Crippen LogP contribution in [0.2, 0.25) is 5.02 Å². The van der Waals surface area contributed by atoms with Crippen LogP contribution in [0.15, 0.2) is 47.6 Å². The summed E-state index contributed by atoms with van der Waals surface area (Å²) in [6, 6.07) is 14.6. The van der Waals surface area contributed by atoms with Gasteiger partial charge in [0.2, 0.25) is 0 Å². The molecule has 0 aromatic heterocycles. The van der Waals surface area contributed by atoms with Gasteiger partial charge in [0, 0.05) is 10.6 Å². The van der Waals surface area contributed by atoms with Crippen molar-refractivity contribution in [3.63, 3.8) is 0 Å². The first kappa shape index (κ1) is 17.0. The first-order valence-corrected chi connectivity index (χ1v) is 8.92. The summed E-state index contributed by atoms with van der Waals surface area (Å²) in [5, 5.41) is 7.51. The Kier molecular flexibility index (Phi) is 5.54. The first-order chi connectivity index (χ1) is 11.6. The molecule has 3 rings (SSSR count). The summed E-state index contributed by atoms with van der Waals surface area (Å²) in [7, 11) is 0. The summed E-state index contributed by atoms with van der Waals surface area (Å²) < 4.78 is 0. The Morgan fingerprint density at radius 3 is 2.62 bits per heavy atom. The van der Waals surface area contributed by atoms with Gasteiger partial charge in [-0.15, -0.1) is 0 Å². The van der Waals surface area contributed by atoms with Crippen LogP contribution < -0.4 is 4.90 Å². The Morgan fingerprint density at radius 2 is 1.92 bits per heavy atom. The molecule has 0 unspecified atom stereocenters. The van der Waals surface area contributed by atoms with E-state index >= 15 is 0 Å². The summed E-state index contributed by atoms with van der Waals surface area (Å²) in [5.74, 6) is 0. The third kappa shape index (κ3) is 4.59. The zero-order chi connectivity index (χ0) is 16.9. The summed E-state index contributed by atoms with van der Waals surface area (Å²) in [4.78, 5) is 1.64. The van der Waals surface area contributed by atoms with Gasteiger partial charge in [0.15, 0.2) is 0 Å². The van der Waals surface area contributed by atoms with Crippen molar-refractivity contribution in [3.05, 3.63) is 69.7 Å². The lowest BCUT2D eigenvalue weighted by molar-refractivity contribution is -0.918. The summed E-state index contributed by atoms with van der Waals surface area (Å²) in [6.07, 6.45) is 1.90. The van der Waals surface area contributed by atoms with Gasteiger partial charge in [0.1, 0.15) is 6.54 Å². The number of hydrogen-bond donors (Lipinski definition) is 1. The topological polar surface area (TPSA) is 20.0 Å². The van der Waals surface area contributed by atoms with E-state index in [0.29, 0.717) is 0 Å². The number of aryl methyl sites for hydroxylation is 2. The average Bonchev–Trinajstić information content (AvgIpc) is 2.57. The molecule has 4 heteroatoms. The summed E-state index contributed by atoms with van der Waals surface area (Å²) in [6.45, 7) is 9.72. The number of nitrogens with one attached hydrogen (secondary N) is 1. The molecule has 0 amide bonds. The van der Waals surface area contributed by atoms with Crippen molar-refractivity contribution in [1.29, 1.82) is 0 Å². The van der Waals surface area contributed by atoms with E-state index in [0.717, 1.165) is 43.3 Å². The lowest BCUT2D eigenvalue weighted by atomic mass is 10.1. The Balaban J connectivity index is 1.52. The van der Waals surface area contributed by atoms with Crippen molar-refractivity contribution in [2.24, 2.45) is 5.10 Å². The number of hydrazone groups is 1. The Morgan fingerprint density at radius 1 is 1.12 bits per heavy atom. The summed E-state index contributed by atoms with van der Waals surface area (Å²) >= 11 is 6.01. The van der Waals surface area contributed by atoms with E-state index in [1.54, 1.807) is 4.90 Å². The fraction of sp³-hybridized carbons (Fsp3) is 0.350. The molecule has 1 aliphatic rings. The SMILES string of the molecule is Cc1ccc(C[NH+]2CCN(/N=C\c3cccc(Cl)c3)CC2)c(C)c1. The first-order valence-electron chi connectivity index (χ1n) is 8.54. The largest absolute Gasteiger partial charge is 0.328 e. The van der Waals surface area contributed by atoms with E-state index in [4.69, 9.17) is 11.6 Å². The Hall–Kier alpha value is -1.84. The lowest BCUT2D eigenvalue weighted by Gasteiger charge is -2.30. The molecule has 0 spiro atoms. The number of halogens is 1. The minimum Gasteiger partial charge on any atom is -0.328 e. The smallest absolute Gasteiger partial charge is 0.103 e. The Labute approximate surface area is 149 Å². The van der Waals surface area contributed by atoms with Crippen LogP contribution in [0.25, 0.3) is 0 Å². The second-order valence-corrected chi connectivity index (χ2v) is 7.05. The molecular weight excluding hydrogens is 318 g/mol. The molecule has 0 saturated carbocycles. The van der Waals surface area contributed by atoms with Crippen LogP contribution in [0.4, 0.5) is 0 Å². The molecule has 1 saturated heterocycles. The van der Waals surface area contributed by atoms with Gasteiger partial charge in [0.25, 0.3) is 0 Å². The van der Waals surface area contributed by atoms with Crippen LogP contribution in [-0.4, -0.2) is 37.4 Å². The van der Waals surface area contributed by atoms with E-state index in [9.17, 15) is 0 Å². The van der Waals surface area contributed by atoms with Gasteiger partial charge in [-0.2, -0.15) is 5.10 Å². The maximum Gasteiger partial charge on any atom is 0.103 e. The van der Waals surface area contributed by atoms with E-state index < -0.39 is 0 Å². The van der Waals surface area contributed by atoms with Crippen LogP contribution >= 0.6 is 11.6 Å². The molecule has 0 aliphatic carbocycles. The fourth-order valence-corrected chi connectivity index (χ4v) is 3.35. The predicted octanol–water partition coefficient (Wildman–Crippen LogP) is 2.69. The molecule has 2 aromatic carbocycles. The van der Waals surface area contributed by atoms with Crippen LogP contribution in [-0.2, 0) is 6.54 Å². The van der Waals surface area contributed by atoms with Gasteiger partial charge < -0.3 is 4.90 Å². The van der Waals surface area contributed by atoms with Crippen LogP contribution in [0.5, 0.6) is 0 Å². The maximum atomic E-state index is 6.01. The third-order valence-electron chi connectivity index (χ3n) is 4.60. The second-order valence-electron chi connectivity index (χ2n) is 6.61. The molecule has 2 aromatic rings. The molecule has 1 heterocycles. The number of nitrogens with zero attached hydrogens (tertiary/aromatic N) is 2. The highest BCUT2D eigenvalue weighted by Crippen LogP contribution is 2.10. The molecule has 1 N–H and O–H groups in total. The number of hydrogen-bond acceptors (Lipinski definition) is 2. The summed E-state index contributed by atoms with van der Waals surface area (Å²) in [5.41, 5.74) is 5.26. The normalized spacial score (nSPS) is 16.0. The van der Waals surface area contributed by atoms with Crippen molar-refractivity contribution in [2.45, 2.75) is 20.4 Å². The van der Waals surface area contributed by atoms with Crippen molar-refractivity contribution >= 4 is 17.8 Å². The molecule has 0 atom stereocenters. The van der Waals surface area contributed by atoms with Crippen LogP contribution in [0.3, 0.4) is 0 Å². The van der Waals surface area contributed by atoms with Gasteiger partial charge in [-0.3, -0.25) is 5.01 Å². The molecule has 0 bridgehead atoms. The number of benzene rings is 2. The van der Waals surface area contributed by atoms with Crippen molar-refractivity contribution in [1.82, 2.24) is 5.01 Å². The van der Waals surface area contributed by atoms with Crippen molar-refractivity contribution in [3.8, 4) is 0 Å². The highest BCUT2D eigenvalue weighted by Gasteiger charge is 2.19. The average molecular weight is 343 g/mol. The molecule has 1 aliphatic heterocycles. The molecule has 0 radical (unpaired) electrons. The highest BCUT2D eigenvalue weighted by molar-refractivity contribution is 6.30. The van der Waals surface area contributed by atoms with Crippen LogP contribution in [0.1, 0.15) is 22.3 Å². The molecule has 24 heavy (non-hydrogen) atoms. The molecular formula is C20H25ClN3+. The number of quaternary nitrogens is 1. The van der Waals surface area contributed by atoms with Gasteiger partial charge >= 0.3 is 0 Å². The number of piperazine rings is 1. The van der Waals surface area contributed by atoms with E-state index in [-0.39, 0.29) is 0 Å². The Bertz CT molecular complexity index is 719. The minimum absolute atomic E-state index is 0.752. The van der Waals surface area contributed by atoms with Gasteiger partial charge in [-0.1, -0.05) is 47.5 Å². The third-order valence-corrected chi connectivity index (χ3v) is 4.84. The van der Waals surface area contributed by atoms with E-state index in [1.165, 1.54) is 16.7 Å². The van der Waals surface area contributed by atoms with Gasteiger partial charge in [0.05, 0.1) is 32.4 Å². The van der Waals surface area contributed by atoms with E-state index in [1.807, 2.05) is 30.5 Å². The number of rotatable bonds is 4. The molecule has 126 valence electrons. The standard InChI is InChI=1S/C20H24ClN3/c1-16-6-7-19(17(2)12-16)15-23-8-10-24(11-9-23)22-14-18-4-3-5-20(21)13-18/h3-7,12-14H,8-11,15H2,1-2H3/p+1/b22-14-. The van der Waals surface area contributed by atoms with Crippen molar-refractivity contribution in [2.75, 3.05) is 26.2 Å². The quantitative estimate of drug-likeness (QED) is 0.847. The highest BCUT2D eigenvalue weighted by atomic mass is 35.5. The lowest BCUT2D eigenvalue weighted by Crippen LogP contribution is -3.13. The van der Waals surface area contributed by atoms with Crippen LogP contribution in [0, 0.1) is 13.8 Å². The van der Waals surface area contributed by atoms with E-state index in [2.05, 4.69) is 42.2 Å². The monoisotopic (exact) mass is 342 g/mol. The maximum absolute atomic E-state index is 6.01. The predicted molar refractivity (Wildman–Crippen MR) is 101 cm³/mol.